The van der Waals surface area contributed by atoms with Gasteiger partial charge in [0.25, 0.3) is 0 Å². The standard InChI is InChI=1S/C20H27N/c1-5-13-21-20(14-18-11-7-6-9-16(18)3)19-12-8-10-15(2)17(19)4/h6-12,20-21H,5,13-14H2,1-4H3. The third-order valence-electron chi connectivity index (χ3n) is 4.35. The van der Waals surface area contributed by atoms with Crippen molar-refractivity contribution in [3.8, 4) is 0 Å². The third kappa shape index (κ3) is 3.95. The first-order valence-electron chi connectivity index (χ1n) is 7.97. The molecular formula is C20H27N. The van der Waals surface area contributed by atoms with E-state index in [0.29, 0.717) is 6.04 Å². The van der Waals surface area contributed by atoms with Crippen molar-refractivity contribution in [2.45, 2.75) is 46.6 Å². The Morgan fingerprint density at radius 3 is 2.33 bits per heavy atom. The predicted molar refractivity (Wildman–Crippen MR) is 91.8 cm³/mol. The van der Waals surface area contributed by atoms with E-state index in [-0.39, 0.29) is 0 Å². The molecule has 0 aliphatic heterocycles. The van der Waals surface area contributed by atoms with Crippen LogP contribution in [0.5, 0.6) is 0 Å². The molecule has 0 heterocycles. The maximum atomic E-state index is 3.73. The zero-order valence-electron chi connectivity index (χ0n) is 13.7. The molecule has 0 radical (unpaired) electrons. The monoisotopic (exact) mass is 281 g/mol. The normalized spacial score (nSPS) is 12.4. The SMILES string of the molecule is CCCNC(Cc1ccccc1C)c1cccc(C)c1C. The van der Waals surface area contributed by atoms with Crippen molar-refractivity contribution in [3.63, 3.8) is 0 Å². The Kier molecular flexibility index (Phi) is 5.58. The summed E-state index contributed by atoms with van der Waals surface area (Å²) in [5.74, 6) is 0. The highest BCUT2D eigenvalue weighted by Crippen LogP contribution is 2.25. The van der Waals surface area contributed by atoms with Crippen LogP contribution in [0.2, 0.25) is 0 Å². The highest BCUT2D eigenvalue weighted by Gasteiger charge is 2.15. The quantitative estimate of drug-likeness (QED) is 0.794. The first-order chi connectivity index (χ1) is 10.1. The van der Waals surface area contributed by atoms with E-state index in [1.54, 1.807) is 0 Å². The van der Waals surface area contributed by atoms with E-state index in [9.17, 15) is 0 Å². The van der Waals surface area contributed by atoms with Crippen LogP contribution in [0, 0.1) is 20.8 Å². The largest absolute Gasteiger partial charge is 0.310 e. The molecule has 1 N–H and O–H groups in total. The Bertz CT molecular complexity index is 586. The van der Waals surface area contributed by atoms with Gasteiger partial charge in [0.15, 0.2) is 0 Å². The van der Waals surface area contributed by atoms with Crippen LogP contribution < -0.4 is 5.32 Å². The molecule has 1 nitrogen and oxygen atoms in total. The summed E-state index contributed by atoms with van der Waals surface area (Å²) >= 11 is 0. The van der Waals surface area contributed by atoms with Gasteiger partial charge >= 0.3 is 0 Å². The Hall–Kier alpha value is -1.60. The van der Waals surface area contributed by atoms with Gasteiger partial charge in [0.05, 0.1) is 0 Å². The van der Waals surface area contributed by atoms with Gasteiger partial charge in [-0.3, -0.25) is 0 Å². The molecule has 0 aromatic heterocycles. The Labute approximate surface area is 129 Å². The molecule has 2 aromatic carbocycles. The Balaban J connectivity index is 2.30. The van der Waals surface area contributed by atoms with E-state index in [4.69, 9.17) is 0 Å². The van der Waals surface area contributed by atoms with Crippen LogP contribution >= 0.6 is 0 Å². The maximum absolute atomic E-state index is 3.73. The fraction of sp³-hybridized carbons (Fsp3) is 0.400. The van der Waals surface area contributed by atoms with Crippen LogP contribution in [0.25, 0.3) is 0 Å². The molecule has 0 aliphatic rings. The molecular weight excluding hydrogens is 254 g/mol. The lowest BCUT2D eigenvalue weighted by Gasteiger charge is -2.23. The van der Waals surface area contributed by atoms with Crippen molar-refractivity contribution in [1.82, 2.24) is 5.32 Å². The van der Waals surface area contributed by atoms with Gasteiger partial charge in [-0.05, 0) is 68.0 Å². The predicted octanol–water partition coefficient (Wildman–Crippen LogP) is 4.90. The van der Waals surface area contributed by atoms with Gasteiger partial charge in [-0.15, -0.1) is 0 Å². The maximum Gasteiger partial charge on any atom is 0.0363 e. The number of hydrogen-bond acceptors (Lipinski definition) is 1. The van der Waals surface area contributed by atoms with Gasteiger partial charge in [0.1, 0.15) is 0 Å². The van der Waals surface area contributed by atoms with Crippen molar-refractivity contribution < 1.29 is 0 Å². The van der Waals surface area contributed by atoms with Crippen molar-refractivity contribution in [1.29, 1.82) is 0 Å². The lowest BCUT2D eigenvalue weighted by molar-refractivity contribution is 0.526. The van der Waals surface area contributed by atoms with E-state index in [1.165, 1.54) is 27.8 Å². The smallest absolute Gasteiger partial charge is 0.0363 e. The Morgan fingerprint density at radius 2 is 1.62 bits per heavy atom. The minimum Gasteiger partial charge on any atom is -0.310 e. The summed E-state index contributed by atoms with van der Waals surface area (Å²) in [6.07, 6.45) is 2.21. The molecule has 0 spiro atoms. The summed E-state index contributed by atoms with van der Waals surface area (Å²) in [4.78, 5) is 0. The average molecular weight is 281 g/mol. The fourth-order valence-corrected chi connectivity index (χ4v) is 2.82. The highest BCUT2D eigenvalue weighted by atomic mass is 14.9. The topological polar surface area (TPSA) is 12.0 Å². The molecule has 0 aliphatic carbocycles. The van der Waals surface area contributed by atoms with Gasteiger partial charge in [0.2, 0.25) is 0 Å². The minimum atomic E-state index is 0.394. The summed E-state index contributed by atoms with van der Waals surface area (Å²) in [5, 5.41) is 3.73. The zero-order chi connectivity index (χ0) is 15.2. The lowest BCUT2D eigenvalue weighted by Crippen LogP contribution is -2.25. The molecule has 0 saturated heterocycles. The summed E-state index contributed by atoms with van der Waals surface area (Å²) in [7, 11) is 0. The second-order valence-electron chi connectivity index (χ2n) is 5.93. The van der Waals surface area contributed by atoms with Crippen molar-refractivity contribution in [2.24, 2.45) is 0 Å². The van der Waals surface area contributed by atoms with Crippen LogP contribution in [-0.2, 0) is 6.42 Å². The van der Waals surface area contributed by atoms with Crippen molar-refractivity contribution in [2.75, 3.05) is 6.54 Å². The first kappa shape index (κ1) is 15.8. The Morgan fingerprint density at radius 1 is 0.905 bits per heavy atom. The minimum absolute atomic E-state index is 0.394. The molecule has 0 saturated carbocycles. The van der Waals surface area contributed by atoms with Gasteiger partial charge in [-0.25, -0.2) is 0 Å². The van der Waals surface area contributed by atoms with Crippen LogP contribution in [-0.4, -0.2) is 6.54 Å². The molecule has 2 aromatic rings. The summed E-state index contributed by atoms with van der Waals surface area (Å²) in [6.45, 7) is 9.92. The second kappa shape index (κ2) is 7.42. The summed E-state index contributed by atoms with van der Waals surface area (Å²) in [6, 6.07) is 15.8. The molecule has 1 atom stereocenters. The highest BCUT2D eigenvalue weighted by molar-refractivity contribution is 5.37. The molecule has 0 amide bonds. The average Bonchev–Trinajstić information content (AvgIpc) is 2.48. The molecule has 1 heteroatoms. The fourth-order valence-electron chi connectivity index (χ4n) is 2.82. The van der Waals surface area contributed by atoms with Gasteiger partial charge in [-0.1, -0.05) is 49.4 Å². The van der Waals surface area contributed by atoms with Crippen molar-refractivity contribution in [3.05, 3.63) is 70.3 Å². The number of hydrogen-bond donors (Lipinski definition) is 1. The van der Waals surface area contributed by atoms with Gasteiger partial charge in [-0.2, -0.15) is 0 Å². The van der Waals surface area contributed by atoms with E-state index >= 15 is 0 Å². The molecule has 2 rings (SSSR count). The molecule has 112 valence electrons. The molecule has 1 unspecified atom stereocenters. The van der Waals surface area contributed by atoms with E-state index in [2.05, 4.69) is 75.5 Å². The van der Waals surface area contributed by atoms with E-state index < -0.39 is 0 Å². The molecule has 21 heavy (non-hydrogen) atoms. The number of rotatable bonds is 6. The molecule has 0 fully saturated rings. The summed E-state index contributed by atoms with van der Waals surface area (Å²) in [5.41, 5.74) is 7.05. The molecule has 0 bridgehead atoms. The second-order valence-corrected chi connectivity index (χ2v) is 5.93. The summed E-state index contributed by atoms with van der Waals surface area (Å²) < 4.78 is 0. The van der Waals surface area contributed by atoms with Crippen LogP contribution in [0.4, 0.5) is 0 Å². The zero-order valence-corrected chi connectivity index (χ0v) is 13.7. The number of aryl methyl sites for hydroxylation is 2. The van der Waals surface area contributed by atoms with Gasteiger partial charge in [0, 0.05) is 6.04 Å². The number of nitrogens with one attached hydrogen (secondary N) is 1. The van der Waals surface area contributed by atoms with Crippen LogP contribution in [0.1, 0.15) is 47.2 Å². The van der Waals surface area contributed by atoms with E-state index in [0.717, 1.165) is 19.4 Å². The van der Waals surface area contributed by atoms with Crippen LogP contribution in [0.3, 0.4) is 0 Å². The van der Waals surface area contributed by atoms with E-state index in [1.807, 2.05) is 0 Å². The van der Waals surface area contributed by atoms with Gasteiger partial charge < -0.3 is 5.32 Å². The number of benzene rings is 2. The lowest BCUT2D eigenvalue weighted by atomic mass is 9.91. The third-order valence-corrected chi connectivity index (χ3v) is 4.35. The first-order valence-corrected chi connectivity index (χ1v) is 7.97. The van der Waals surface area contributed by atoms with Crippen LogP contribution in [0.15, 0.2) is 42.5 Å². The van der Waals surface area contributed by atoms with Crippen molar-refractivity contribution >= 4 is 0 Å².